The highest BCUT2D eigenvalue weighted by atomic mass is 16.2. The Morgan fingerprint density at radius 3 is 2.40 bits per heavy atom. The van der Waals surface area contributed by atoms with Crippen molar-refractivity contribution in [2.45, 2.75) is 6.54 Å². The van der Waals surface area contributed by atoms with Crippen LogP contribution in [0.15, 0.2) is 79.1 Å². The summed E-state index contributed by atoms with van der Waals surface area (Å²) < 4.78 is 2.01. The molecule has 30 heavy (non-hydrogen) atoms. The number of imidazole rings is 1. The van der Waals surface area contributed by atoms with Crippen LogP contribution in [0.1, 0.15) is 0 Å². The van der Waals surface area contributed by atoms with Crippen LogP contribution >= 0.6 is 0 Å². The van der Waals surface area contributed by atoms with Gasteiger partial charge >= 0.3 is 0 Å². The van der Waals surface area contributed by atoms with E-state index in [0.29, 0.717) is 0 Å². The first-order valence-electron chi connectivity index (χ1n) is 10.2. The first-order valence-corrected chi connectivity index (χ1v) is 10.2. The average molecular weight is 397 g/mol. The lowest BCUT2D eigenvalue weighted by molar-refractivity contribution is -0.132. The van der Waals surface area contributed by atoms with Crippen molar-refractivity contribution in [3.05, 3.63) is 79.1 Å². The predicted octanol–water partition coefficient (Wildman–Crippen LogP) is 3.45. The molecular weight excluding hydrogens is 374 g/mol. The van der Waals surface area contributed by atoms with Gasteiger partial charge < -0.3 is 14.4 Å². The van der Waals surface area contributed by atoms with Crippen molar-refractivity contribution in [2.24, 2.45) is 0 Å². The van der Waals surface area contributed by atoms with Gasteiger partial charge in [-0.1, -0.05) is 30.3 Å². The molecule has 0 unspecified atom stereocenters. The average Bonchev–Trinajstić information content (AvgIpc) is 3.19. The van der Waals surface area contributed by atoms with Gasteiger partial charge in [0.15, 0.2) is 0 Å². The quantitative estimate of drug-likeness (QED) is 0.529. The lowest BCUT2D eigenvalue weighted by Crippen LogP contribution is -2.49. The Balaban J connectivity index is 1.36. The van der Waals surface area contributed by atoms with E-state index in [1.54, 1.807) is 12.4 Å². The second kappa shape index (κ2) is 7.99. The number of carbonyl (C=O) groups excluding carboxylic acids is 1. The van der Waals surface area contributed by atoms with E-state index in [1.807, 2.05) is 51.9 Å². The number of hydrogen-bond donors (Lipinski definition) is 0. The summed E-state index contributed by atoms with van der Waals surface area (Å²) in [6.45, 7) is 3.41. The molecule has 3 heterocycles. The second-order valence-electron chi connectivity index (χ2n) is 7.46. The van der Waals surface area contributed by atoms with Gasteiger partial charge in [-0.15, -0.1) is 0 Å². The molecule has 2 aromatic heterocycles. The maximum Gasteiger partial charge on any atom is 0.242 e. The van der Waals surface area contributed by atoms with Crippen LogP contribution in [0.4, 0.5) is 5.69 Å². The number of nitrogens with zero attached hydrogens (tertiary/aromatic N) is 5. The molecule has 0 saturated carbocycles. The number of para-hydroxylation sites is 3. The minimum Gasteiger partial charge on any atom is -0.368 e. The predicted molar refractivity (Wildman–Crippen MR) is 118 cm³/mol. The minimum atomic E-state index is 0.121. The van der Waals surface area contributed by atoms with Crippen molar-refractivity contribution in [2.75, 3.05) is 31.1 Å². The fourth-order valence-electron chi connectivity index (χ4n) is 4.04. The van der Waals surface area contributed by atoms with E-state index in [4.69, 9.17) is 4.98 Å². The van der Waals surface area contributed by atoms with E-state index in [1.165, 1.54) is 5.69 Å². The first-order chi connectivity index (χ1) is 14.8. The number of piperazine rings is 1. The Morgan fingerprint density at radius 2 is 1.63 bits per heavy atom. The van der Waals surface area contributed by atoms with Crippen molar-refractivity contribution in [1.29, 1.82) is 0 Å². The van der Waals surface area contributed by atoms with Crippen molar-refractivity contribution >= 4 is 22.6 Å². The first kappa shape index (κ1) is 18.4. The summed E-state index contributed by atoms with van der Waals surface area (Å²) in [5.74, 6) is 0.900. The zero-order valence-corrected chi connectivity index (χ0v) is 16.7. The number of amides is 1. The molecule has 0 aliphatic carbocycles. The van der Waals surface area contributed by atoms with Gasteiger partial charge in [0.05, 0.1) is 11.0 Å². The Labute approximate surface area is 175 Å². The summed E-state index contributed by atoms with van der Waals surface area (Å²) in [6.07, 6.45) is 3.54. The largest absolute Gasteiger partial charge is 0.368 e. The molecule has 4 aromatic rings. The third kappa shape index (κ3) is 3.52. The summed E-state index contributed by atoms with van der Waals surface area (Å²) in [6, 6.07) is 22.2. The van der Waals surface area contributed by atoms with Crippen molar-refractivity contribution in [1.82, 2.24) is 19.4 Å². The molecule has 1 aliphatic rings. The smallest absolute Gasteiger partial charge is 0.242 e. The van der Waals surface area contributed by atoms with Gasteiger partial charge in [-0.2, -0.15) is 0 Å². The van der Waals surface area contributed by atoms with Gasteiger partial charge in [0, 0.05) is 49.8 Å². The maximum absolute atomic E-state index is 13.2. The number of hydrogen-bond acceptors (Lipinski definition) is 4. The normalized spacial score (nSPS) is 14.3. The molecule has 1 saturated heterocycles. The monoisotopic (exact) mass is 397 g/mol. The summed E-state index contributed by atoms with van der Waals surface area (Å²) >= 11 is 0. The van der Waals surface area contributed by atoms with Gasteiger partial charge in [0.25, 0.3) is 0 Å². The molecule has 1 aliphatic heterocycles. The molecular formula is C24H23N5O. The summed E-state index contributed by atoms with van der Waals surface area (Å²) in [7, 11) is 0. The number of carbonyl (C=O) groups is 1. The lowest BCUT2D eigenvalue weighted by atomic mass is 10.2. The van der Waals surface area contributed by atoms with Crippen molar-refractivity contribution in [3.63, 3.8) is 0 Å². The van der Waals surface area contributed by atoms with Crippen molar-refractivity contribution in [3.8, 4) is 11.4 Å². The van der Waals surface area contributed by atoms with Crippen LogP contribution < -0.4 is 4.90 Å². The van der Waals surface area contributed by atoms with E-state index in [9.17, 15) is 4.79 Å². The van der Waals surface area contributed by atoms with Gasteiger partial charge in [0.1, 0.15) is 12.4 Å². The third-order valence-electron chi connectivity index (χ3n) is 5.62. The van der Waals surface area contributed by atoms with Gasteiger partial charge in [-0.3, -0.25) is 9.78 Å². The van der Waals surface area contributed by atoms with Gasteiger partial charge in [0.2, 0.25) is 5.91 Å². The fourth-order valence-corrected chi connectivity index (χ4v) is 4.04. The fraction of sp³-hybridized carbons (Fsp3) is 0.208. The van der Waals surface area contributed by atoms with Crippen molar-refractivity contribution < 1.29 is 4.79 Å². The Bertz CT molecular complexity index is 1150. The Hall–Kier alpha value is -3.67. The molecule has 0 radical (unpaired) electrons. The maximum atomic E-state index is 13.2. The second-order valence-corrected chi connectivity index (χ2v) is 7.46. The standard InChI is InChI=1S/C24H23N5O/c30-23(28-15-13-27(14-16-28)20-8-2-1-3-9-20)18-29-22-11-5-4-10-21(22)26-24(29)19-7-6-12-25-17-19/h1-12,17H,13-16,18H2. The lowest BCUT2D eigenvalue weighted by Gasteiger charge is -2.36. The van der Waals surface area contributed by atoms with E-state index in [2.05, 4.69) is 34.1 Å². The molecule has 6 heteroatoms. The molecule has 2 aromatic carbocycles. The number of aromatic nitrogens is 3. The molecule has 0 spiro atoms. The number of pyridine rings is 1. The van der Waals surface area contributed by atoms with E-state index >= 15 is 0 Å². The number of benzene rings is 2. The molecule has 150 valence electrons. The summed E-state index contributed by atoms with van der Waals surface area (Å²) in [4.78, 5) is 26.5. The highest BCUT2D eigenvalue weighted by Crippen LogP contribution is 2.24. The van der Waals surface area contributed by atoms with Crippen LogP contribution in [0.5, 0.6) is 0 Å². The SMILES string of the molecule is O=C(Cn1c(-c2cccnc2)nc2ccccc21)N1CCN(c2ccccc2)CC1. The Morgan fingerprint density at radius 1 is 0.867 bits per heavy atom. The van der Waals surface area contributed by atoms with Gasteiger partial charge in [-0.05, 0) is 36.4 Å². The molecule has 1 amide bonds. The molecule has 0 N–H and O–H groups in total. The highest BCUT2D eigenvalue weighted by Gasteiger charge is 2.23. The minimum absolute atomic E-state index is 0.121. The topological polar surface area (TPSA) is 54.3 Å². The third-order valence-corrected chi connectivity index (χ3v) is 5.62. The highest BCUT2D eigenvalue weighted by molar-refractivity contribution is 5.84. The van der Waals surface area contributed by atoms with E-state index in [-0.39, 0.29) is 12.5 Å². The molecule has 0 atom stereocenters. The van der Waals surface area contributed by atoms with Gasteiger partial charge in [-0.25, -0.2) is 4.98 Å². The van der Waals surface area contributed by atoms with Crippen LogP contribution in [0, 0.1) is 0 Å². The zero-order chi connectivity index (χ0) is 20.3. The van der Waals surface area contributed by atoms with Crippen LogP contribution in [-0.4, -0.2) is 51.5 Å². The zero-order valence-electron chi connectivity index (χ0n) is 16.7. The number of rotatable bonds is 4. The van der Waals surface area contributed by atoms with Crippen LogP contribution in [0.3, 0.4) is 0 Å². The summed E-state index contributed by atoms with van der Waals surface area (Å²) in [5, 5.41) is 0. The summed E-state index contributed by atoms with van der Waals surface area (Å²) in [5.41, 5.74) is 3.98. The number of fused-ring (bicyclic) bond motifs is 1. The van der Waals surface area contributed by atoms with Crippen LogP contribution in [0.25, 0.3) is 22.4 Å². The number of anilines is 1. The van der Waals surface area contributed by atoms with E-state index in [0.717, 1.165) is 48.6 Å². The Kier molecular flexibility index (Phi) is 4.89. The van der Waals surface area contributed by atoms with Crippen LogP contribution in [0.2, 0.25) is 0 Å². The molecule has 6 nitrogen and oxygen atoms in total. The molecule has 1 fully saturated rings. The molecule has 0 bridgehead atoms. The van der Waals surface area contributed by atoms with Crippen LogP contribution in [-0.2, 0) is 11.3 Å². The molecule has 5 rings (SSSR count). The van der Waals surface area contributed by atoms with E-state index < -0.39 is 0 Å².